The number of benzene rings is 1. The molecular formula is C17H24Cl2N4O. The summed E-state index contributed by atoms with van der Waals surface area (Å²) in [5, 5.41) is 5.25. The van der Waals surface area contributed by atoms with Gasteiger partial charge in [0.25, 0.3) is 0 Å². The summed E-state index contributed by atoms with van der Waals surface area (Å²) in [4.78, 5) is 14.1. The van der Waals surface area contributed by atoms with Crippen LogP contribution in [-0.4, -0.2) is 40.2 Å². The number of carbonyl (C=O) groups excluding carboxylic acids is 1. The van der Waals surface area contributed by atoms with Gasteiger partial charge in [-0.05, 0) is 45.0 Å². The molecule has 2 aromatic rings. The van der Waals surface area contributed by atoms with Crippen LogP contribution in [0.15, 0.2) is 24.3 Å². The van der Waals surface area contributed by atoms with Gasteiger partial charge >= 0.3 is 0 Å². The number of amides is 1. The number of hydrogen-bond acceptors (Lipinski definition) is 3. The van der Waals surface area contributed by atoms with Crippen molar-refractivity contribution in [2.75, 3.05) is 13.6 Å². The molecule has 0 aliphatic rings. The van der Waals surface area contributed by atoms with Gasteiger partial charge in [-0.15, -0.1) is 12.4 Å². The quantitative estimate of drug-likeness (QED) is 0.879. The normalized spacial score (nSPS) is 11.8. The number of hydrogen-bond donors (Lipinski definition) is 1. The minimum atomic E-state index is 0. The molecular weight excluding hydrogens is 347 g/mol. The van der Waals surface area contributed by atoms with Crippen LogP contribution in [-0.2, 0) is 11.2 Å². The molecule has 0 fully saturated rings. The molecule has 1 unspecified atom stereocenters. The van der Waals surface area contributed by atoms with Gasteiger partial charge in [0.15, 0.2) is 0 Å². The summed E-state index contributed by atoms with van der Waals surface area (Å²) in [5.74, 6) is 0.0461. The Labute approximate surface area is 154 Å². The lowest BCUT2D eigenvalue weighted by Gasteiger charge is -2.23. The van der Waals surface area contributed by atoms with Crippen LogP contribution in [0.5, 0.6) is 0 Å². The number of halogens is 2. The van der Waals surface area contributed by atoms with E-state index in [9.17, 15) is 4.79 Å². The number of likely N-dealkylation sites (N-methyl/N-ethyl adjacent to an activating group) is 1. The van der Waals surface area contributed by atoms with Crippen LogP contribution in [0.2, 0.25) is 5.02 Å². The summed E-state index contributed by atoms with van der Waals surface area (Å²) in [6, 6.07) is 7.50. The summed E-state index contributed by atoms with van der Waals surface area (Å²) in [6.45, 7) is 6.29. The first-order valence-electron chi connectivity index (χ1n) is 7.62. The highest BCUT2D eigenvalue weighted by Gasteiger charge is 2.20. The fourth-order valence-electron chi connectivity index (χ4n) is 2.44. The van der Waals surface area contributed by atoms with E-state index in [-0.39, 0.29) is 24.4 Å². The molecule has 0 saturated carbocycles. The number of nitrogens with two attached hydrogens (primary N) is 1. The third kappa shape index (κ3) is 4.29. The molecule has 1 atom stereocenters. The van der Waals surface area contributed by atoms with Crippen molar-refractivity contribution < 1.29 is 4.79 Å². The van der Waals surface area contributed by atoms with E-state index >= 15 is 0 Å². The van der Waals surface area contributed by atoms with Crippen molar-refractivity contribution in [3.63, 3.8) is 0 Å². The Morgan fingerprint density at radius 1 is 1.33 bits per heavy atom. The minimum Gasteiger partial charge on any atom is -0.341 e. The lowest BCUT2D eigenvalue weighted by Crippen LogP contribution is -2.40. The predicted octanol–water partition coefficient (Wildman–Crippen LogP) is 2.91. The van der Waals surface area contributed by atoms with Gasteiger partial charge in [-0.25, -0.2) is 4.68 Å². The standard InChI is InChI=1S/C17H23ClN4O.ClH/c1-11(10-19)21(4)17(23)9-16-12(2)20-22(13(16)3)15-7-5-14(18)6-8-15;/h5-8,11H,9-10,19H2,1-4H3;1H. The molecule has 0 spiro atoms. The van der Waals surface area contributed by atoms with Crippen molar-refractivity contribution in [1.29, 1.82) is 0 Å². The van der Waals surface area contributed by atoms with Crippen LogP contribution in [0, 0.1) is 13.8 Å². The topological polar surface area (TPSA) is 64.2 Å². The molecule has 24 heavy (non-hydrogen) atoms. The first kappa shape index (κ1) is 20.5. The van der Waals surface area contributed by atoms with E-state index in [1.807, 2.05) is 49.7 Å². The van der Waals surface area contributed by atoms with Crippen LogP contribution < -0.4 is 5.73 Å². The molecule has 0 aliphatic carbocycles. The molecule has 0 radical (unpaired) electrons. The number of rotatable bonds is 5. The van der Waals surface area contributed by atoms with E-state index in [1.54, 1.807) is 11.9 Å². The highest BCUT2D eigenvalue weighted by Crippen LogP contribution is 2.20. The summed E-state index contributed by atoms with van der Waals surface area (Å²) < 4.78 is 1.85. The lowest BCUT2D eigenvalue weighted by atomic mass is 10.1. The molecule has 1 amide bonds. The van der Waals surface area contributed by atoms with Gasteiger partial charge in [-0.2, -0.15) is 5.10 Å². The van der Waals surface area contributed by atoms with E-state index in [0.717, 1.165) is 22.6 Å². The van der Waals surface area contributed by atoms with Gasteiger partial charge in [0.1, 0.15) is 0 Å². The maximum Gasteiger partial charge on any atom is 0.227 e. The highest BCUT2D eigenvalue weighted by molar-refractivity contribution is 6.30. The Morgan fingerprint density at radius 2 is 1.92 bits per heavy atom. The maximum absolute atomic E-state index is 12.4. The average molecular weight is 371 g/mol. The van der Waals surface area contributed by atoms with Crippen molar-refractivity contribution in [1.82, 2.24) is 14.7 Å². The Kier molecular flexibility index (Phi) is 7.27. The largest absolute Gasteiger partial charge is 0.341 e. The molecule has 132 valence electrons. The molecule has 1 aromatic carbocycles. The van der Waals surface area contributed by atoms with Gasteiger partial charge in [0.05, 0.1) is 17.8 Å². The average Bonchev–Trinajstić information content (AvgIpc) is 2.82. The van der Waals surface area contributed by atoms with Crippen molar-refractivity contribution in [3.8, 4) is 5.69 Å². The van der Waals surface area contributed by atoms with E-state index in [0.29, 0.717) is 18.0 Å². The van der Waals surface area contributed by atoms with Gasteiger partial charge in [-0.1, -0.05) is 11.6 Å². The molecule has 0 bridgehead atoms. The van der Waals surface area contributed by atoms with Gasteiger partial charge in [0, 0.05) is 35.9 Å². The number of aromatic nitrogens is 2. The van der Waals surface area contributed by atoms with E-state index in [4.69, 9.17) is 17.3 Å². The van der Waals surface area contributed by atoms with Crippen LogP contribution in [0.4, 0.5) is 0 Å². The summed E-state index contributed by atoms with van der Waals surface area (Å²) in [5.41, 5.74) is 9.35. The molecule has 2 rings (SSSR count). The molecule has 7 heteroatoms. The van der Waals surface area contributed by atoms with Crippen LogP contribution in [0.3, 0.4) is 0 Å². The van der Waals surface area contributed by atoms with E-state index in [2.05, 4.69) is 5.10 Å². The zero-order valence-corrected chi connectivity index (χ0v) is 16.0. The first-order valence-corrected chi connectivity index (χ1v) is 7.99. The second kappa shape index (κ2) is 8.51. The van der Waals surface area contributed by atoms with Crippen molar-refractivity contribution in [3.05, 3.63) is 46.2 Å². The first-order chi connectivity index (χ1) is 10.8. The second-order valence-corrected chi connectivity index (χ2v) is 6.24. The highest BCUT2D eigenvalue weighted by atomic mass is 35.5. The van der Waals surface area contributed by atoms with Crippen molar-refractivity contribution >= 4 is 29.9 Å². The zero-order chi connectivity index (χ0) is 17.1. The SMILES string of the molecule is Cc1nn(-c2ccc(Cl)cc2)c(C)c1CC(=O)N(C)C(C)CN.Cl. The number of aryl methyl sites for hydroxylation is 1. The number of nitrogens with zero attached hydrogens (tertiary/aromatic N) is 3. The Bertz CT molecular complexity index is 697. The van der Waals surface area contributed by atoms with Crippen LogP contribution in [0.25, 0.3) is 5.69 Å². The third-order valence-electron chi connectivity index (χ3n) is 4.24. The summed E-state index contributed by atoms with van der Waals surface area (Å²) >= 11 is 5.93. The van der Waals surface area contributed by atoms with Crippen LogP contribution >= 0.6 is 24.0 Å². The van der Waals surface area contributed by atoms with Crippen LogP contribution in [0.1, 0.15) is 23.9 Å². The molecule has 1 aromatic heterocycles. The Hall–Kier alpha value is -1.56. The Morgan fingerprint density at radius 3 is 2.46 bits per heavy atom. The summed E-state index contributed by atoms with van der Waals surface area (Å²) in [6.07, 6.45) is 0.325. The zero-order valence-electron chi connectivity index (χ0n) is 14.4. The van der Waals surface area contributed by atoms with E-state index in [1.165, 1.54) is 0 Å². The lowest BCUT2D eigenvalue weighted by molar-refractivity contribution is -0.130. The second-order valence-electron chi connectivity index (χ2n) is 5.80. The Balaban J connectivity index is 0.00000288. The third-order valence-corrected chi connectivity index (χ3v) is 4.49. The minimum absolute atomic E-state index is 0. The molecule has 0 aliphatic heterocycles. The molecule has 5 nitrogen and oxygen atoms in total. The predicted molar refractivity (Wildman–Crippen MR) is 100 cm³/mol. The molecule has 0 saturated heterocycles. The van der Waals surface area contributed by atoms with Crippen molar-refractivity contribution in [2.24, 2.45) is 5.73 Å². The van der Waals surface area contributed by atoms with Gasteiger partial charge in [-0.3, -0.25) is 4.79 Å². The fraction of sp³-hybridized carbons (Fsp3) is 0.412. The molecule has 1 heterocycles. The maximum atomic E-state index is 12.4. The monoisotopic (exact) mass is 370 g/mol. The van der Waals surface area contributed by atoms with Gasteiger partial charge in [0.2, 0.25) is 5.91 Å². The van der Waals surface area contributed by atoms with Crippen molar-refractivity contribution in [2.45, 2.75) is 33.2 Å². The molecule has 2 N–H and O–H groups in total. The summed E-state index contributed by atoms with van der Waals surface area (Å²) in [7, 11) is 1.79. The number of carbonyl (C=O) groups is 1. The fourth-order valence-corrected chi connectivity index (χ4v) is 2.57. The van der Waals surface area contributed by atoms with E-state index < -0.39 is 0 Å². The smallest absolute Gasteiger partial charge is 0.227 e. The van der Waals surface area contributed by atoms with Gasteiger partial charge < -0.3 is 10.6 Å².